The molecule has 0 spiro atoms. The number of halogens is 1. The van der Waals surface area contributed by atoms with Gasteiger partial charge in [-0.1, -0.05) is 41.4 Å². The van der Waals surface area contributed by atoms with Crippen molar-refractivity contribution in [1.82, 2.24) is 9.88 Å². The number of nitrogens with one attached hydrogen (secondary N) is 1. The molecule has 0 unspecified atom stereocenters. The monoisotopic (exact) mass is 303 g/mol. The first-order chi connectivity index (χ1) is 10.0. The van der Waals surface area contributed by atoms with Gasteiger partial charge >= 0.3 is 0 Å². The average Bonchev–Trinajstić information content (AvgIpc) is 2.49. The minimum Gasteiger partial charge on any atom is -0.373 e. The fourth-order valence-corrected chi connectivity index (χ4v) is 2.14. The lowest BCUT2D eigenvalue weighted by Gasteiger charge is -2.18. The third-order valence-electron chi connectivity index (χ3n) is 3.19. The summed E-state index contributed by atoms with van der Waals surface area (Å²) >= 11 is 6.08. The highest BCUT2D eigenvalue weighted by Crippen LogP contribution is 2.18. The smallest absolute Gasteiger partial charge is 0.274 e. The van der Waals surface area contributed by atoms with E-state index in [9.17, 15) is 4.79 Å². The number of rotatable bonds is 4. The summed E-state index contributed by atoms with van der Waals surface area (Å²) in [4.78, 5) is 18.3. The Morgan fingerprint density at radius 1 is 1.24 bits per heavy atom. The van der Waals surface area contributed by atoms with Crippen LogP contribution in [0, 0.1) is 6.92 Å². The molecule has 0 fully saturated rings. The van der Waals surface area contributed by atoms with E-state index in [-0.39, 0.29) is 11.6 Å². The van der Waals surface area contributed by atoms with E-state index in [0.717, 1.165) is 5.56 Å². The predicted molar refractivity (Wildman–Crippen MR) is 85.8 cm³/mol. The van der Waals surface area contributed by atoms with E-state index < -0.39 is 0 Å². The van der Waals surface area contributed by atoms with Crippen LogP contribution < -0.4 is 5.32 Å². The molecule has 1 amide bonds. The number of nitrogens with zero attached hydrogens (tertiary/aromatic N) is 2. The van der Waals surface area contributed by atoms with Crippen molar-refractivity contribution >= 4 is 23.3 Å². The lowest BCUT2D eigenvalue weighted by atomic mass is 10.1. The number of carbonyl (C=O) groups is 1. The second kappa shape index (κ2) is 6.59. The second-order valence-corrected chi connectivity index (χ2v) is 5.33. The summed E-state index contributed by atoms with van der Waals surface area (Å²) in [7, 11) is 3.49. The Morgan fingerprint density at radius 3 is 2.52 bits per heavy atom. The van der Waals surface area contributed by atoms with Crippen LogP contribution in [0.15, 0.2) is 36.4 Å². The highest BCUT2D eigenvalue weighted by molar-refractivity contribution is 6.33. The maximum absolute atomic E-state index is 12.5. The number of hydrogen-bond acceptors (Lipinski definition) is 3. The average molecular weight is 304 g/mol. The maximum atomic E-state index is 12.5. The van der Waals surface area contributed by atoms with Gasteiger partial charge in [-0.15, -0.1) is 0 Å². The molecule has 1 heterocycles. The highest BCUT2D eigenvalue weighted by atomic mass is 35.5. The van der Waals surface area contributed by atoms with Crippen molar-refractivity contribution < 1.29 is 4.79 Å². The Balaban J connectivity index is 2.17. The van der Waals surface area contributed by atoms with Crippen LogP contribution in [0.25, 0.3) is 0 Å². The zero-order valence-electron chi connectivity index (χ0n) is 12.4. The number of benzene rings is 1. The van der Waals surface area contributed by atoms with E-state index >= 15 is 0 Å². The number of anilines is 1. The normalized spacial score (nSPS) is 10.3. The molecule has 0 bridgehead atoms. The van der Waals surface area contributed by atoms with Gasteiger partial charge in [0.05, 0.1) is 5.02 Å². The van der Waals surface area contributed by atoms with Crippen LogP contribution in [0.5, 0.6) is 0 Å². The molecule has 4 nitrogen and oxygen atoms in total. The number of pyridine rings is 1. The molecular weight excluding hydrogens is 286 g/mol. The minimum atomic E-state index is -0.197. The van der Waals surface area contributed by atoms with Gasteiger partial charge in [-0.2, -0.15) is 0 Å². The minimum absolute atomic E-state index is 0.197. The Hall–Kier alpha value is -2.07. The molecule has 1 N–H and O–H groups in total. The fraction of sp³-hybridized carbons (Fsp3) is 0.250. The molecule has 0 aliphatic carbocycles. The largest absolute Gasteiger partial charge is 0.373 e. The van der Waals surface area contributed by atoms with Crippen LogP contribution in [0.3, 0.4) is 0 Å². The Labute approximate surface area is 129 Å². The molecule has 5 heteroatoms. The molecule has 0 radical (unpaired) electrons. The van der Waals surface area contributed by atoms with Crippen molar-refractivity contribution in [3.05, 3.63) is 58.2 Å². The molecule has 2 aromatic rings. The third-order valence-corrected chi connectivity index (χ3v) is 3.50. The molecule has 1 aromatic carbocycles. The van der Waals surface area contributed by atoms with Crippen molar-refractivity contribution in [3.63, 3.8) is 0 Å². The first kappa shape index (κ1) is 15.3. The highest BCUT2D eigenvalue weighted by Gasteiger charge is 2.17. The lowest BCUT2D eigenvalue weighted by molar-refractivity contribution is 0.0779. The summed E-state index contributed by atoms with van der Waals surface area (Å²) < 4.78 is 0. The summed E-state index contributed by atoms with van der Waals surface area (Å²) in [5, 5.41) is 3.26. The van der Waals surface area contributed by atoms with E-state index in [0.29, 0.717) is 17.4 Å². The van der Waals surface area contributed by atoms with Gasteiger partial charge in [-0.3, -0.25) is 4.79 Å². The van der Waals surface area contributed by atoms with Gasteiger partial charge in [0.15, 0.2) is 0 Å². The predicted octanol–water partition coefficient (Wildman–Crippen LogP) is 3.36. The standard InChI is InChI=1S/C16H18ClN3O/c1-11-4-6-12(7-5-11)10-20(3)16(21)15-13(17)8-9-14(18-2)19-15/h4-9H,10H2,1-3H3,(H,18,19). The molecule has 0 aliphatic rings. The number of hydrogen-bond donors (Lipinski definition) is 1. The van der Waals surface area contributed by atoms with Gasteiger partial charge in [0.1, 0.15) is 11.5 Å². The first-order valence-corrected chi connectivity index (χ1v) is 7.04. The molecule has 21 heavy (non-hydrogen) atoms. The van der Waals surface area contributed by atoms with Crippen molar-refractivity contribution in [3.8, 4) is 0 Å². The van der Waals surface area contributed by atoms with Crippen LogP contribution in [0.4, 0.5) is 5.82 Å². The second-order valence-electron chi connectivity index (χ2n) is 4.92. The molecule has 0 saturated heterocycles. The van der Waals surface area contributed by atoms with Crippen LogP contribution in [0.1, 0.15) is 21.6 Å². The van der Waals surface area contributed by atoms with Gasteiger partial charge < -0.3 is 10.2 Å². The van der Waals surface area contributed by atoms with Crippen LogP contribution >= 0.6 is 11.6 Å². The van der Waals surface area contributed by atoms with E-state index in [2.05, 4.69) is 10.3 Å². The van der Waals surface area contributed by atoms with Gasteiger partial charge in [0.2, 0.25) is 0 Å². The summed E-state index contributed by atoms with van der Waals surface area (Å²) in [5.41, 5.74) is 2.52. The SMILES string of the molecule is CNc1ccc(Cl)c(C(=O)N(C)Cc2ccc(C)cc2)n1. The molecule has 0 saturated carbocycles. The van der Waals surface area contributed by atoms with E-state index in [4.69, 9.17) is 11.6 Å². The van der Waals surface area contributed by atoms with Gasteiger partial charge in [-0.25, -0.2) is 4.98 Å². The molecule has 110 valence electrons. The van der Waals surface area contributed by atoms with Crippen LogP contribution in [-0.2, 0) is 6.54 Å². The maximum Gasteiger partial charge on any atom is 0.274 e. The lowest BCUT2D eigenvalue weighted by Crippen LogP contribution is -2.27. The third kappa shape index (κ3) is 3.73. The Bertz CT molecular complexity index is 640. The summed E-state index contributed by atoms with van der Waals surface area (Å²) in [6, 6.07) is 11.5. The summed E-state index contributed by atoms with van der Waals surface area (Å²) in [6.07, 6.45) is 0. The fourth-order valence-electron chi connectivity index (χ4n) is 1.95. The van der Waals surface area contributed by atoms with E-state index in [1.54, 1.807) is 31.1 Å². The van der Waals surface area contributed by atoms with E-state index in [1.807, 2.05) is 31.2 Å². The number of aromatic nitrogens is 1. The molecule has 0 aliphatic heterocycles. The Morgan fingerprint density at radius 2 is 1.90 bits per heavy atom. The van der Waals surface area contributed by atoms with Gasteiger partial charge in [0, 0.05) is 20.6 Å². The Kier molecular flexibility index (Phi) is 4.81. The summed E-state index contributed by atoms with van der Waals surface area (Å²) in [5.74, 6) is 0.421. The van der Waals surface area contributed by atoms with Crippen molar-refractivity contribution in [2.45, 2.75) is 13.5 Å². The molecule has 0 atom stereocenters. The molecule has 1 aromatic heterocycles. The number of carbonyl (C=O) groups excluding carboxylic acids is 1. The number of amides is 1. The quantitative estimate of drug-likeness (QED) is 0.942. The molecular formula is C16H18ClN3O. The zero-order valence-corrected chi connectivity index (χ0v) is 13.1. The van der Waals surface area contributed by atoms with Gasteiger partial charge in [-0.05, 0) is 24.6 Å². The topological polar surface area (TPSA) is 45.2 Å². The first-order valence-electron chi connectivity index (χ1n) is 6.66. The molecule has 2 rings (SSSR count). The van der Waals surface area contributed by atoms with E-state index in [1.165, 1.54) is 5.56 Å². The zero-order chi connectivity index (χ0) is 15.4. The number of aryl methyl sites for hydroxylation is 1. The summed E-state index contributed by atoms with van der Waals surface area (Å²) in [6.45, 7) is 2.55. The van der Waals surface area contributed by atoms with Gasteiger partial charge in [0.25, 0.3) is 5.91 Å². The van der Waals surface area contributed by atoms with Crippen LogP contribution in [0.2, 0.25) is 5.02 Å². The van der Waals surface area contributed by atoms with Crippen molar-refractivity contribution in [2.24, 2.45) is 0 Å². The van der Waals surface area contributed by atoms with Crippen molar-refractivity contribution in [2.75, 3.05) is 19.4 Å². The van der Waals surface area contributed by atoms with Crippen molar-refractivity contribution in [1.29, 1.82) is 0 Å². The van der Waals surface area contributed by atoms with Crippen LogP contribution in [-0.4, -0.2) is 29.9 Å².